The fourth-order valence-electron chi connectivity index (χ4n) is 4.65. The fourth-order valence-corrected chi connectivity index (χ4v) is 5.07. The summed E-state index contributed by atoms with van der Waals surface area (Å²) in [5, 5.41) is 12.4. The van der Waals surface area contributed by atoms with Crippen molar-refractivity contribution in [3.63, 3.8) is 0 Å². The molecule has 1 fully saturated rings. The number of nitrogens with two attached hydrogens (primary N) is 2. The lowest BCUT2D eigenvalue weighted by atomic mass is 9.93. The molecule has 2 amide bonds. The SMILES string of the molecule is C[C@@](O)(CN1CCN(c2ccc(C(N)=O)cc2Cl)[C@H](c2ccc(Cl)cc2)C1)c1ccc(C(N)=O)cc1. The molecule has 1 heterocycles. The smallest absolute Gasteiger partial charge is 0.248 e. The Hall–Kier alpha value is -3.10. The third kappa shape index (κ3) is 5.65. The molecule has 5 N–H and O–H groups in total. The van der Waals surface area contributed by atoms with Gasteiger partial charge in [0.05, 0.1) is 22.4 Å². The Bertz CT molecular complexity index is 1260. The van der Waals surface area contributed by atoms with Crippen LogP contribution in [0.5, 0.6) is 0 Å². The first kappa shape index (κ1) is 26.0. The molecule has 1 aliphatic heterocycles. The zero-order chi connectivity index (χ0) is 26.0. The summed E-state index contributed by atoms with van der Waals surface area (Å²) in [4.78, 5) is 27.4. The number of amides is 2. The lowest BCUT2D eigenvalue weighted by Crippen LogP contribution is -2.52. The van der Waals surface area contributed by atoms with Gasteiger partial charge in [-0.3, -0.25) is 14.5 Å². The number of anilines is 1. The number of nitrogens with zero attached hydrogens (tertiary/aromatic N) is 2. The number of rotatable bonds is 7. The molecule has 1 aliphatic rings. The van der Waals surface area contributed by atoms with Crippen molar-refractivity contribution in [3.05, 3.63) is 99.0 Å². The topological polar surface area (TPSA) is 113 Å². The van der Waals surface area contributed by atoms with Gasteiger partial charge in [-0.25, -0.2) is 0 Å². The minimum Gasteiger partial charge on any atom is -0.384 e. The monoisotopic (exact) mass is 526 g/mol. The van der Waals surface area contributed by atoms with E-state index in [1.54, 1.807) is 43.3 Å². The molecule has 3 aromatic carbocycles. The van der Waals surface area contributed by atoms with Crippen molar-refractivity contribution in [2.75, 3.05) is 31.1 Å². The molecule has 2 atom stereocenters. The highest BCUT2D eigenvalue weighted by atomic mass is 35.5. The summed E-state index contributed by atoms with van der Waals surface area (Å²) in [6.07, 6.45) is 0. The quantitative estimate of drug-likeness (QED) is 0.431. The Balaban J connectivity index is 1.60. The van der Waals surface area contributed by atoms with Crippen LogP contribution in [-0.4, -0.2) is 48.0 Å². The molecule has 9 heteroatoms. The molecule has 0 saturated carbocycles. The van der Waals surface area contributed by atoms with Crippen molar-refractivity contribution in [3.8, 4) is 0 Å². The molecule has 1 saturated heterocycles. The second-order valence-corrected chi connectivity index (χ2v) is 10.1. The summed E-state index contributed by atoms with van der Waals surface area (Å²) in [5.41, 5.74) is 12.9. The Labute approximate surface area is 220 Å². The Morgan fingerprint density at radius 3 is 2.14 bits per heavy atom. The molecule has 0 aliphatic carbocycles. The Kier molecular flexibility index (Phi) is 7.57. The van der Waals surface area contributed by atoms with Crippen LogP contribution in [0.2, 0.25) is 10.0 Å². The van der Waals surface area contributed by atoms with E-state index in [0.29, 0.717) is 52.9 Å². The van der Waals surface area contributed by atoms with Gasteiger partial charge in [-0.2, -0.15) is 0 Å². The van der Waals surface area contributed by atoms with E-state index < -0.39 is 17.4 Å². The summed E-state index contributed by atoms with van der Waals surface area (Å²) in [7, 11) is 0. The molecular weight excluding hydrogens is 499 g/mol. The van der Waals surface area contributed by atoms with E-state index in [9.17, 15) is 14.7 Å². The summed E-state index contributed by atoms with van der Waals surface area (Å²) < 4.78 is 0. The normalized spacial score (nSPS) is 18.0. The number of hydrogen-bond acceptors (Lipinski definition) is 5. The summed E-state index contributed by atoms with van der Waals surface area (Å²) in [6.45, 7) is 4.07. The van der Waals surface area contributed by atoms with Gasteiger partial charge in [0.25, 0.3) is 0 Å². The molecule has 36 heavy (non-hydrogen) atoms. The highest BCUT2D eigenvalue weighted by Crippen LogP contribution is 2.37. The second kappa shape index (κ2) is 10.5. The average Bonchev–Trinajstić information content (AvgIpc) is 2.84. The number of halogens is 2. The molecule has 188 valence electrons. The number of primary amides is 2. The van der Waals surface area contributed by atoms with Gasteiger partial charge in [0, 0.05) is 42.3 Å². The van der Waals surface area contributed by atoms with Gasteiger partial charge in [-0.15, -0.1) is 0 Å². The first-order valence-electron chi connectivity index (χ1n) is 11.5. The fraction of sp³-hybridized carbons (Fsp3) is 0.259. The minimum absolute atomic E-state index is 0.0824. The third-order valence-corrected chi connectivity index (χ3v) is 7.14. The Morgan fingerprint density at radius 1 is 0.944 bits per heavy atom. The van der Waals surface area contributed by atoms with E-state index in [4.69, 9.17) is 34.7 Å². The van der Waals surface area contributed by atoms with E-state index in [2.05, 4.69) is 9.80 Å². The van der Waals surface area contributed by atoms with E-state index in [0.717, 1.165) is 11.3 Å². The van der Waals surface area contributed by atoms with Crippen molar-refractivity contribution in [2.45, 2.75) is 18.6 Å². The lowest BCUT2D eigenvalue weighted by molar-refractivity contribution is 0.0103. The first-order chi connectivity index (χ1) is 17.0. The number of benzene rings is 3. The van der Waals surface area contributed by atoms with E-state index in [1.165, 1.54) is 0 Å². The highest BCUT2D eigenvalue weighted by Gasteiger charge is 2.34. The second-order valence-electron chi connectivity index (χ2n) is 9.24. The zero-order valence-electron chi connectivity index (χ0n) is 19.8. The van der Waals surface area contributed by atoms with Gasteiger partial charge in [0.1, 0.15) is 0 Å². The first-order valence-corrected chi connectivity index (χ1v) is 12.3. The van der Waals surface area contributed by atoms with Crippen LogP contribution in [0.1, 0.15) is 44.8 Å². The molecule has 0 bridgehead atoms. The van der Waals surface area contributed by atoms with Crippen molar-refractivity contribution < 1.29 is 14.7 Å². The van der Waals surface area contributed by atoms with E-state index in [-0.39, 0.29) is 6.04 Å². The third-order valence-electron chi connectivity index (χ3n) is 6.58. The van der Waals surface area contributed by atoms with Crippen molar-refractivity contribution in [1.29, 1.82) is 0 Å². The molecule has 4 rings (SSSR count). The van der Waals surface area contributed by atoms with Crippen LogP contribution in [0.25, 0.3) is 0 Å². The molecule has 0 unspecified atom stereocenters. The number of hydrogen-bond donors (Lipinski definition) is 3. The maximum atomic E-state index is 11.6. The van der Waals surface area contributed by atoms with Crippen LogP contribution in [0, 0.1) is 0 Å². The molecule has 0 radical (unpaired) electrons. The average molecular weight is 527 g/mol. The molecule has 0 spiro atoms. The Morgan fingerprint density at radius 2 is 1.56 bits per heavy atom. The number of piperazine rings is 1. The highest BCUT2D eigenvalue weighted by molar-refractivity contribution is 6.33. The van der Waals surface area contributed by atoms with Crippen LogP contribution in [-0.2, 0) is 5.60 Å². The van der Waals surface area contributed by atoms with Gasteiger partial charge in [0.2, 0.25) is 11.8 Å². The molecular formula is C27H28Cl2N4O3. The number of carbonyl (C=O) groups is 2. The molecule has 0 aromatic heterocycles. The number of carbonyl (C=O) groups excluding carboxylic acids is 2. The maximum Gasteiger partial charge on any atom is 0.248 e. The van der Waals surface area contributed by atoms with Gasteiger partial charge >= 0.3 is 0 Å². The predicted molar refractivity (Wildman–Crippen MR) is 142 cm³/mol. The summed E-state index contributed by atoms with van der Waals surface area (Å²) >= 11 is 12.7. The maximum absolute atomic E-state index is 11.6. The molecule has 7 nitrogen and oxygen atoms in total. The van der Waals surface area contributed by atoms with Crippen molar-refractivity contribution >= 4 is 40.7 Å². The van der Waals surface area contributed by atoms with Gasteiger partial charge in [0.15, 0.2) is 0 Å². The van der Waals surface area contributed by atoms with Crippen LogP contribution in [0.3, 0.4) is 0 Å². The predicted octanol–water partition coefficient (Wildman–Crippen LogP) is 3.96. The largest absolute Gasteiger partial charge is 0.384 e. The summed E-state index contributed by atoms with van der Waals surface area (Å²) in [6, 6.07) is 19.4. The number of aliphatic hydroxyl groups is 1. The van der Waals surface area contributed by atoms with Crippen molar-refractivity contribution in [1.82, 2.24) is 4.90 Å². The van der Waals surface area contributed by atoms with Crippen LogP contribution < -0.4 is 16.4 Å². The van der Waals surface area contributed by atoms with E-state index >= 15 is 0 Å². The van der Waals surface area contributed by atoms with Crippen LogP contribution in [0.15, 0.2) is 66.7 Å². The number of β-amino-alcohol motifs (C(OH)–C–C–N with tert-alkyl or cyclic N) is 1. The van der Waals surface area contributed by atoms with Crippen LogP contribution in [0.4, 0.5) is 5.69 Å². The minimum atomic E-state index is -1.15. The van der Waals surface area contributed by atoms with Gasteiger partial charge < -0.3 is 21.5 Å². The lowest BCUT2D eigenvalue weighted by Gasteiger charge is -2.45. The van der Waals surface area contributed by atoms with Crippen LogP contribution >= 0.6 is 23.2 Å². The molecule has 3 aromatic rings. The van der Waals surface area contributed by atoms with Gasteiger partial charge in [-0.05, 0) is 60.5 Å². The standard InChI is InChI=1S/C27H28Cl2N4O3/c1-27(36,20-7-2-18(3-8-20)25(30)34)16-32-12-13-33(23-11-6-19(26(31)35)14-22(23)29)24(15-32)17-4-9-21(28)10-5-17/h2-11,14,24,36H,12-13,15-16H2,1H3,(H2,30,34)(H2,31,35)/t24-,27+/m0/s1. The summed E-state index contributed by atoms with van der Waals surface area (Å²) in [5.74, 6) is -1.04. The van der Waals surface area contributed by atoms with Gasteiger partial charge in [-0.1, -0.05) is 47.5 Å². The van der Waals surface area contributed by atoms with Crippen molar-refractivity contribution in [2.24, 2.45) is 11.5 Å². The van der Waals surface area contributed by atoms with E-state index in [1.807, 2.05) is 30.3 Å². The zero-order valence-corrected chi connectivity index (χ0v) is 21.3.